The van der Waals surface area contributed by atoms with Crippen LogP contribution in [0.1, 0.15) is 62.8 Å². The monoisotopic (exact) mass is 582 g/mol. The van der Waals surface area contributed by atoms with Crippen molar-refractivity contribution < 1.29 is 19.2 Å². The minimum absolute atomic E-state index is 0.117. The number of carbonyl (C=O) groups excluding carboxylic acids is 4. The van der Waals surface area contributed by atoms with Crippen LogP contribution in [0.25, 0.3) is 0 Å². The molecule has 0 aliphatic heterocycles. The maximum atomic E-state index is 11.9. The number of hydrogen-bond acceptors (Lipinski definition) is 8. The van der Waals surface area contributed by atoms with Crippen LogP contribution in [0.3, 0.4) is 0 Å². The van der Waals surface area contributed by atoms with Crippen molar-refractivity contribution in [3.05, 3.63) is 60.2 Å². The fourth-order valence-corrected chi connectivity index (χ4v) is 3.82. The van der Waals surface area contributed by atoms with Crippen molar-refractivity contribution >= 4 is 23.6 Å². The van der Waals surface area contributed by atoms with Gasteiger partial charge in [-0.05, 0) is 76.1 Å². The molecule has 2 heterocycles. The fraction of sp³-hybridized carbons (Fsp3) is 0.533. The molecule has 0 saturated carbocycles. The normalized spacial score (nSPS) is 10.6. The molecule has 12 nitrogen and oxygen atoms in total. The topological polar surface area (TPSA) is 166 Å². The summed E-state index contributed by atoms with van der Waals surface area (Å²) >= 11 is 0. The van der Waals surface area contributed by atoms with Crippen LogP contribution in [0.4, 0.5) is 0 Å². The van der Waals surface area contributed by atoms with Crippen molar-refractivity contribution in [2.75, 3.05) is 39.3 Å². The Bertz CT molecular complexity index is 957. The summed E-state index contributed by atoms with van der Waals surface area (Å²) in [5, 5.41) is 18.0. The summed E-state index contributed by atoms with van der Waals surface area (Å²) in [6.45, 7) is 5.36. The lowest BCUT2D eigenvalue weighted by Crippen LogP contribution is -2.30. The summed E-state index contributed by atoms with van der Waals surface area (Å²) < 4.78 is 0. The van der Waals surface area contributed by atoms with E-state index in [2.05, 4.69) is 41.9 Å². The van der Waals surface area contributed by atoms with Crippen LogP contribution in [-0.4, -0.2) is 72.9 Å². The standard InChI is InChI=1S/C30H46N8O4/c39-27(11-13-29(41)37-23-25-9-1-3-19-33-25)35-21-7-17-31-15-5-6-16-32-18-8-22-36-28(40)12-14-30(42)38-24-26-10-2-4-20-34-26/h1-4,9-10,19-20,31-32H,5-8,11-18,21-24H2,(H,35,39)(H,36,40)(H,37,41)(H,38,42). The Hall–Kier alpha value is -3.90. The predicted molar refractivity (Wildman–Crippen MR) is 161 cm³/mol. The number of pyridine rings is 2. The third kappa shape index (κ3) is 18.4. The van der Waals surface area contributed by atoms with Crippen LogP contribution in [0, 0.1) is 0 Å². The van der Waals surface area contributed by atoms with Crippen LogP contribution in [0.15, 0.2) is 48.8 Å². The number of rotatable bonds is 23. The summed E-state index contributed by atoms with van der Waals surface area (Å²) in [5.41, 5.74) is 1.57. The lowest BCUT2D eigenvalue weighted by Gasteiger charge is -2.08. The molecule has 2 aromatic rings. The number of nitrogens with zero attached hydrogens (tertiary/aromatic N) is 2. The Labute approximate surface area is 248 Å². The second kappa shape index (κ2) is 22.8. The highest BCUT2D eigenvalue weighted by Gasteiger charge is 2.08. The molecule has 6 N–H and O–H groups in total. The molecule has 0 spiro atoms. The Morgan fingerprint density at radius 3 is 1.24 bits per heavy atom. The third-order valence-electron chi connectivity index (χ3n) is 6.21. The van der Waals surface area contributed by atoms with Gasteiger partial charge in [-0.25, -0.2) is 0 Å². The minimum atomic E-state index is -0.162. The number of amides is 4. The summed E-state index contributed by atoms with van der Waals surface area (Å²) in [5.74, 6) is -0.558. The number of aromatic nitrogens is 2. The van der Waals surface area contributed by atoms with Crippen LogP contribution in [0.5, 0.6) is 0 Å². The lowest BCUT2D eigenvalue weighted by atomic mass is 10.2. The van der Waals surface area contributed by atoms with Crippen LogP contribution >= 0.6 is 0 Å². The molecule has 0 radical (unpaired) electrons. The van der Waals surface area contributed by atoms with Gasteiger partial charge in [0.15, 0.2) is 0 Å². The van der Waals surface area contributed by atoms with Crippen molar-refractivity contribution in [2.24, 2.45) is 0 Å². The van der Waals surface area contributed by atoms with Gasteiger partial charge in [0.1, 0.15) is 0 Å². The highest BCUT2D eigenvalue weighted by atomic mass is 16.2. The van der Waals surface area contributed by atoms with Crippen molar-refractivity contribution in [1.82, 2.24) is 41.9 Å². The number of nitrogens with one attached hydrogen (secondary N) is 6. The molecule has 0 bridgehead atoms. The van der Waals surface area contributed by atoms with Gasteiger partial charge < -0.3 is 31.9 Å². The van der Waals surface area contributed by atoms with Crippen LogP contribution in [-0.2, 0) is 32.3 Å². The van der Waals surface area contributed by atoms with E-state index in [0.717, 1.165) is 63.3 Å². The summed E-state index contributed by atoms with van der Waals surface area (Å²) in [7, 11) is 0. The molecule has 0 fully saturated rings. The first kappa shape index (κ1) is 34.3. The molecular weight excluding hydrogens is 536 g/mol. The molecule has 12 heteroatoms. The summed E-state index contributed by atoms with van der Waals surface area (Å²) in [6.07, 6.45) is 7.78. The van der Waals surface area contributed by atoms with E-state index in [0.29, 0.717) is 26.2 Å². The highest BCUT2D eigenvalue weighted by Crippen LogP contribution is 1.96. The van der Waals surface area contributed by atoms with E-state index in [9.17, 15) is 19.2 Å². The Morgan fingerprint density at radius 2 is 0.857 bits per heavy atom. The molecule has 42 heavy (non-hydrogen) atoms. The first-order valence-electron chi connectivity index (χ1n) is 14.8. The zero-order valence-electron chi connectivity index (χ0n) is 24.5. The van der Waals surface area contributed by atoms with Gasteiger partial charge in [0.25, 0.3) is 0 Å². The highest BCUT2D eigenvalue weighted by molar-refractivity contribution is 5.84. The number of unbranched alkanes of at least 4 members (excludes halogenated alkanes) is 1. The second-order valence-electron chi connectivity index (χ2n) is 9.81. The third-order valence-corrected chi connectivity index (χ3v) is 6.21. The van der Waals surface area contributed by atoms with Crippen LogP contribution in [0.2, 0.25) is 0 Å². The molecule has 2 rings (SSSR count). The Kier molecular flexibility index (Phi) is 18.6. The van der Waals surface area contributed by atoms with Gasteiger partial charge in [-0.15, -0.1) is 0 Å². The van der Waals surface area contributed by atoms with E-state index >= 15 is 0 Å². The molecule has 2 aromatic heterocycles. The van der Waals surface area contributed by atoms with Gasteiger partial charge >= 0.3 is 0 Å². The molecule has 230 valence electrons. The largest absolute Gasteiger partial charge is 0.356 e. The summed E-state index contributed by atoms with van der Waals surface area (Å²) in [6, 6.07) is 11.0. The molecule has 4 amide bonds. The van der Waals surface area contributed by atoms with E-state index in [1.54, 1.807) is 12.4 Å². The number of hydrogen-bond donors (Lipinski definition) is 6. The quantitative estimate of drug-likeness (QED) is 0.105. The van der Waals surface area contributed by atoms with Crippen molar-refractivity contribution in [3.63, 3.8) is 0 Å². The Morgan fingerprint density at radius 1 is 0.476 bits per heavy atom. The van der Waals surface area contributed by atoms with Gasteiger partial charge in [-0.2, -0.15) is 0 Å². The molecular formula is C30H46N8O4. The molecule has 0 saturated heterocycles. The average molecular weight is 583 g/mol. The van der Waals surface area contributed by atoms with E-state index in [4.69, 9.17) is 0 Å². The maximum absolute atomic E-state index is 11.9. The van der Waals surface area contributed by atoms with Crippen LogP contribution < -0.4 is 31.9 Å². The van der Waals surface area contributed by atoms with E-state index in [1.165, 1.54) is 0 Å². The van der Waals surface area contributed by atoms with Gasteiger partial charge in [0.05, 0.1) is 24.5 Å². The van der Waals surface area contributed by atoms with Crippen molar-refractivity contribution in [1.29, 1.82) is 0 Å². The summed E-state index contributed by atoms with van der Waals surface area (Å²) in [4.78, 5) is 55.8. The zero-order valence-corrected chi connectivity index (χ0v) is 24.5. The van der Waals surface area contributed by atoms with E-state index in [1.807, 2.05) is 36.4 Å². The molecule has 0 unspecified atom stereocenters. The van der Waals surface area contributed by atoms with E-state index < -0.39 is 0 Å². The van der Waals surface area contributed by atoms with Crippen molar-refractivity contribution in [2.45, 2.75) is 64.5 Å². The van der Waals surface area contributed by atoms with E-state index in [-0.39, 0.29) is 49.3 Å². The fourth-order valence-electron chi connectivity index (χ4n) is 3.82. The molecule has 0 aromatic carbocycles. The number of carbonyl (C=O) groups is 4. The average Bonchev–Trinajstić information content (AvgIpc) is 3.01. The predicted octanol–water partition coefficient (Wildman–Crippen LogP) is 0.942. The second-order valence-corrected chi connectivity index (χ2v) is 9.81. The first-order valence-corrected chi connectivity index (χ1v) is 14.8. The zero-order chi connectivity index (χ0) is 30.1. The lowest BCUT2D eigenvalue weighted by molar-refractivity contribution is -0.126. The van der Waals surface area contributed by atoms with Gasteiger partial charge in [-0.3, -0.25) is 29.1 Å². The SMILES string of the molecule is O=C(CCC(=O)NCc1ccccn1)NCCCNCCCCNCCCNC(=O)CCC(=O)NCc1ccccn1. The molecule has 0 atom stereocenters. The maximum Gasteiger partial charge on any atom is 0.220 e. The van der Waals surface area contributed by atoms with Gasteiger partial charge in [-0.1, -0.05) is 12.1 Å². The van der Waals surface area contributed by atoms with Gasteiger partial charge in [0, 0.05) is 51.2 Å². The van der Waals surface area contributed by atoms with Gasteiger partial charge in [0.2, 0.25) is 23.6 Å². The first-order chi connectivity index (χ1) is 20.5. The molecule has 0 aliphatic carbocycles. The molecule has 0 aliphatic rings. The van der Waals surface area contributed by atoms with Crippen molar-refractivity contribution in [3.8, 4) is 0 Å². The smallest absolute Gasteiger partial charge is 0.220 e. The Balaban J connectivity index is 1.28. The minimum Gasteiger partial charge on any atom is -0.356 e.